The molecule has 176 valence electrons. The number of piperazine rings is 1. The molecule has 2 bridgehead atoms. The van der Waals surface area contributed by atoms with Gasteiger partial charge in [-0.1, -0.05) is 12.1 Å². The highest BCUT2D eigenvalue weighted by Gasteiger charge is 2.51. The first-order valence-electron chi connectivity index (χ1n) is 11.6. The molecule has 0 aromatic heterocycles. The SMILES string of the molecule is C[C@@H](c1cccc(C(=O)N(C)C)c1)N1C(=O)[C@@H]2CC1CN2C[C@H](N)C(=O)N1CCC[C@H]1C#N. The van der Waals surface area contributed by atoms with Gasteiger partial charge in [-0.3, -0.25) is 19.3 Å². The summed E-state index contributed by atoms with van der Waals surface area (Å²) in [6, 6.07) is 8.10. The molecule has 33 heavy (non-hydrogen) atoms. The molecule has 0 spiro atoms. The Morgan fingerprint density at radius 2 is 2.09 bits per heavy atom. The van der Waals surface area contributed by atoms with Gasteiger partial charge in [0, 0.05) is 45.3 Å². The molecule has 9 nitrogen and oxygen atoms in total. The fraction of sp³-hybridized carbons (Fsp3) is 0.583. The molecule has 3 amide bonds. The summed E-state index contributed by atoms with van der Waals surface area (Å²) >= 11 is 0. The minimum atomic E-state index is -0.745. The molecule has 1 aromatic carbocycles. The van der Waals surface area contributed by atoms with Crippen LogP contribution in [0.5, 0.6) is 0 Å². The Morgan fingerprint density at radius 1 is 1.33 bits per heavy atom. The van der Waals surface area contributed by atoms with Gasteiger partial charge in [0.15, 0.2) is 0 Å². The lowest BCUT2D eigenvalue weighted by atomic mass is 10.0. The highest BCUT2D eigenvalue weighted by molar-refractivity contribution is 5.94. The minimum absolute atomic E-state index is 0.0406. The largest absolute Gasteiger partial charge is 0.345 e. The standard InChI is InChI=1S/C24H32N6O3/c1-15(16-6-4-7-17(10-16)22(31)27(2)3)30-19-11-21(24(30)33)28(13-19)14-20(26)23(32)29-9-5-8-18(29)12-25/h4,6-7,10,15,18-21H,5,8-9,11,13-14,26H2,1-3H3/t15-,18-,19?,20-,21-/m0/s1. The first-order chi connectivity index (χ1) is 15.7. The van der Waals surface area contributed by atoms with Gasteiger partial charge < -0.3 is 20.4 Å². The minimum Gasteiger partial charge on any atom is -0.345 e. The number of hydrogen-bond donors (Lipinski definition) is 1. The van der Waals surface area contributed by atoms with E-state index in [0.29, 0.717) is 38.0 Å². The summed E-state index contributed by atoms with van der Waals surface area (Å²) in [5, 5.41) is 9.26. The van der Waals surface area contributed by atoms with Crippen LogP contribution in [0.2, 0.25) is 0 Å². The average Bonchev–Trinajstić information content (AvgIpc) is 3.52. The number of carbonyl (C=O) groups is 3. The molecule has 0 saturated carbocycles. The van der Waals surface area contributed by atoms with E-state index in [-0.39, 0.29) is 35.8 Å². The maximum absolute atomic E-state index is 13.3. The maximum atomic E-state index is 13.3. The summed E-state index contributed by atoms with van der Waals surface area (Å²) in [4.78, 5) is 45.4. The number of hydrogen-bond acceptors (Lipinski definition) is 6. The van der Waals surface area contributed by atoms with Gasteiger partial charge >= 0.3 is 0 Å². The van der Waals surface area contributed by atoms with Gasteiger partial charge in [0.05, 0.1) is 24.2 Å². The van der Waals surface area contributed by atoms with Crippen molar-refractivity contribution in [2.75, 3.05) is 33.7 Å². The van der Waals surface area contributed by atoms with Crippen LogP contribution in [0.25, 0.3) is 0 Å². The van der Waals surface area contributed by atoms with Gasteiger partial charge in [0.1, 0.15) is 6.04 Å². The number of nitrogens with zero attached hydrogens (tertiary/aromatic N) is 5. The molecular weight excluding hydrogens is 420 g/mol. The zero-order valence-corrected chi connectivity index (χ0v) is 19.5. The Balaban J connectivity index is 1.41. The molecule has 2 N–H and O–H groups in total. The number of rotatable bonds is 6. The first-order valence-corrected chi connectivity index (χ1v) is 11.6. The highest BCUT2D eigenvalue weighted by atomic mass is 16.2. The van der Waals surface area contributed by atoms with Crippen LogP contribution < -0.4 is 5.73 Å². The van der Waals surface area contributed by atoms with E-state index in [2.05, 4.69) is 6.07 Å². The Bertz CT molecular complexity index is 989. The van der Waals surface area contributed by atoms with E-state index in [1.165, 1.54) is 4.90 Å². The van der Waals surface area contributed by atoms with Gasteiger partial charge in [-0.05, 0) is 43.9 Å². The van der Waals surface area contributed by atoms with E-state index in [9.17, 15) is 19.6 Å². The fourth-order valence-electron chi connectivity index (χ4n) is 5.46. The second-order valence-electron chi connectivity index (χ2n) is 9.53. The molecule has 9 heteroatoms. The van der Waals surface area contributed by atoms with E-state index in [0.717, 1.165) is 12.0 Å². The zero-order valence-electron chi connectivity index (χ0n) is 19.5. The Morgan fingerprint density at radius 3 is 2.76 bits per heavy atom. The number of carbonyl (C=O) groups excluding carboxylic acids is 3. The van der Waals surface area contributed by atoms with E-state index in [1.807, 2.05) is 34.9 Å². The predicted octanol–water partition coefficient (Wildman–Crippen LogP) is 0.576. The number of amides is 3. The van der Waals surface area contributed by atoms with Crippen molar-refractivity contribution in [2.45, 2.75) is 56.4 Å². The third-order valence-electron chi connectivity index (χ3n) is 7.19. The molecule has 3 heterocycles. The molecule has 5 atom stereocenters. The van der Waals surface area contributed by atoms with Gasteiger partial charge in [-0.15, -0.1) is 0 Å². The normalized spacial score (nSPS) is 26.4. The molecule has 3 saturated heterocycles. The first kappa shape index (κ1) is 23.2. The van der Waals surface area contributed by atoms with Crippen LogP contribution >= 0.6 is 0 Å². The van der Waals surface area contributed by atoms with Crippen molar-refractivity contribution in [3.63, 3.8) is 0 Å². The molecule has 3 fully saturated rings. The Hall–Kier alpha value is -2.96. The van der Waals surface area contributed by atoms with Gasteiger partial charge in [-0.2, -0.15) is 5.26 Å². The number of fused-ring (bicyclic) bond motifs is 2. The second kappa shape index (κ2) is 9.12. The van der Waals surface area contributed by atoms with Crippen LogP contribution in [0, 0.1) is 11.3 Å². The average molecular weight is 453 g/mol. The number of likely N-dealkylation sites (tertiary alicyclic amines) is 3. The number of nitrogens with two attached hydrogens (primary N) is 1. The Labute approximate surface area is 194 Å². The highest BCUT2D eigenvalue weighted by Crippen LogP contribution is 2.38. The molecular formula is C24H32N6O3. The third kappa shape index (κ3) is 4.21. The van der Waals surface area contributed by atoms with Crippen LogP contribution in [0.1, 0.15) is 48.1 Å². The lowest BCUT2D eigenvalue weighted by Crippen LogP contribution is -2.56. The molecule has 4 rings (SSSR count). The van der Waals surface area contributed by atoms with Crippen molar-refractivity contribution in [1.29, 1.82) is 5.26 Å². The van der Waals surface area contributed by atoms with Crippen LogP contribution in [0.15, 0.2) is 24.3 Å². The summed E-state index contributed by atoms with van der Waals surface area (Å²) in [5.74, 6) is -0.236. The predicted molar refractivity (Wildman–Crippen MR) is 122 cm³/mol. The lowest BCUT2D eigenvalue weighted by molar-refractivity contribution is -0.140. The summed E-state index contributed by atoms with van der Waals surface area (Å²) in [6.45, 7) is 3.54. The van der Waals surface area contributed by atoms with Crippen LogP contribution in [-0.2, 0) is 9.59 Å². The third-order valence-corrected chi connectivity index (χ3v) is 7.19. The molecule has 1 unspecified atom stereocenters. The molecule has 0 radical (unpaired) electrons. The van der Waals surface area contributed by atoms with Crippen molar-refractivity contribution in [2.24, 2.45) is 5.73 Å². The molecule has 0 aliphatic carbocycles. The summed E-state index contributed by atoms with van der Waals surface area (Å²) in [5.41, 5.74) is 7.75. The van der Waals surface area contributed by atoms with Crippen molar-refractivity contribution < 1.29 is 14.4 Å². The number of nitriles is 1. The van der Waals surface area contributed by atoms with E-state index in [4.69, 9.17) is 5.73 Å². The van der Waals surface area contributed by atoms with Gasteiger partial charge in [0.25, 0.3) is 5.91 Å². The monoisotopic (exact) mass is 452 g/mol. The van der Waals surface area contributed by atoms with Crippen LogP contribution in [-0.4, -0.2) is 95.2 Å². The number of benzene rings is 1. The van der Waals surface area contributed by atoms with Crippen LogP contribution in [0.4, 0.5) is 0 Å². The van der Waals surface area contributed by atoms with E-state index in [1.54, 1.807) is 25.1 Å². The van der Waals surface area contributed by atoms with Crippen molar-refractivity contribution in [3.8, 4) is 6.07 Å². The topological polar surface area (TPSA) is 114 Å². The maximum Gasteiger partial charge on any atom is 0.253 e. The fourth-order valence-corrected chi connectivity index (χ4v) is 5.46. The van der Waals surface area contributed by atoms with Gasteiger partial charge in [0.2, 0.25) is 11.8 Å². The quantitative estimate of drug-likeness (QED) is 0.675. The second-order valence-corrected chi connectivity index (χ2v) is 9.53. The van der Waals surface area contributed by atoms with Crippen molar-refractivity contribution in [3.05, 3.63) is 35.4 Å². The van der Waals surface area contributed by atoms with Crippen LogP contribution in [0.3, 0.4) is 0 Å². The van der Waals surface area contributed by atoms with Crippen molar-refractivity contribution in [1.82, 2.24) is 19.6 Å². The van der Waals surface area contributed by atoms with Crippen molar-refractivity contribution >= 4 is 17.7 Å². The lowest BCUT2D eigenvalue weighted by Gasteiger charge is -2.38. The summed E-state index contributed by atoms with van der Waals surface area (Å²) < 4.78 is 0. The summed E-state index contributed by atoms with van der Waals surface area (Å²) in [7, 11) is 3.44. The molecule has 3 aliphatic rings. The smallest absolute Gasteiger partial charge is 0.253 e. The van der Waals surface area contributed by atoms with Gasteiger partial charge in [-0.25, -0.2) is 0 Å². The van der Waals surface area contributed by atoms with E-state index >= 15 is 0 Å². The zero-order chi connectivity index (χ0) is 23.9. The summed E-state index contributed by atoms with van der Waals surface area (Å²) in [6.07, 6.45) is 2.22. The Kier molecular flexibility index (Phi) is 6.41. The molecule has 3 aliphatic heterocycles. The molecule has 1 aromatic rings. The van der Waals surface area contributed by atoms with E-state index < -0.39 is 12.1 Å².